The van der Waals surface area contributed by atoms with E-state index in [1.165, 1.54) is 5.56 Å². The highest BCUT2D eigenvalue weighted by molar-refractivity contribution is 7.89. The van der Waals surface area contributed by atoms with E-state index in [2.05, 4.69) is 23.8 Å². The maximum atomic E-state index is 13.0. The fourth-order valence-electron chi connectivity index (χ4n) is 3.34. The second-order valence-corrected chi connectivity index (χ2v) is 9.54. The summed E-state index contributed by atoms with van der Waals surface area (Å²) < 4.78 is 31.9. The van der Waals surface area contributed by atoms with Crippen LogP contribution in [-0.2, 0) is 23.2 Å². The van der Waals surface area contributed by atoms with Gasteiger partial charge in [0.25, 0.3) is 0 Å². The van der Waals surface area contributed by atoms with Crippen LogP contribution in [0, 0.1) is 4.77 Å². The average Bonchev–Trinajstić information content (AvgIpc) is 3.07. The van der Waals surface area contributed by atoms with Crippen molar-refractivity contribution >= 4 is 22.2 Å². The minimum absolute atomic E-state index is 0.372. The van der Waals surface area contributed by atoms with E-state index >= 15 is 0 Å². The number of sulfonamides is 1. The van der Waals surface area contributed by atoms with E-state index in [1.54, 1.807) is 27.4 Å². The minimum Gasteiger partial charge on any atom is -0.307 e. The first-order valence-corrected chi connectivity index (χ1v) is 11.7. The van der Waals surface area contributed by atoms with E-state index in [0.29, 0.717) is 48.4 Å². The maximum Gasteiger partial charge on any atom is 0.243 e. The Balaban J connectivity index is 1.63. The summed E-state index contributed by atoms with van der Waals surface area (Å²) in [5, 5.41) is 4.33. The summed E-state index contributed by atoms with van der Waals surface area (Å²) >= 11 is 5.41. The van der Waals surface area contributed by atoms with Crippen molar-refractivity contribution in [3.63, 3.8) is 0 Å². The minimum atomic E-state index is -3.46. The van der Waals surface area contributed by atoms with Crippen molar-refractivity contribution in [1.82, 2.24) is 23.6 Å². The van der Waals surface area contributed by atoms with Gasteiger partial charge in [0, 0.05) is 32.7 Å². The van der Waals surface area contributed by atoms with Crippen molar-refractivity contribution in [3.8, 4) is 0 Å². The van der Waals surface area contributed by atoms with Crippen LogP contribution in [0.3, 0.4) is 0 Å². The highest BCUT2D eigenvalue weighted by Gasteiger charge is 2.28. The molecule has 1 aromatic heterocycles. The molecule has 0 spiro atoms. The molecule has 0 aliphatic carbocycles. The van der Waals surface area contributed by atoms with Gasteiger partial charge >= 0.3 is 0 Å². The van der Waals surface area contributed by atoms with Gasteiger partial charge in [0.2, 0.25) is 10.0 Å². The predicted molar refractivity (Wildman–Crippen MR) is 112 cm³/mol. The Morgan fingerprint density at radius 1 is 1.11 bits per heavy atom. The summed E-state index contributed by atoms with van der Waals surface area (Å²) in [4.78, 5) is 2.55. The van der Waals surface area contributed by atoms with E-state index in [9.17, 15) is 8.42 Å². The Labute approximate surface area is 172 Å². The number of aryl methyl sites for hydroxylation is 1. The molecule has 0 amide bonds. The van der Waals surface area contributed by atoms with Crippen molar-refractivity contribution in [2.45, 2.75) is 51.2 Å². The van der Waals surface area contributed by atoms with Gasteiger partial charge in [-0.1, -0.05) is 26.0 Å². The highest BCUT2D eigenvalue weighted by Crippen LogP contribution is 2.23. The molecule has 0 unspecified atom stereocenters. The van der Waals surface area contributed by atoms with Gasteiger partial charge in [-0.3, -0.25) is 4.90 Å². The van der Waals surface area contributed by atoms with E-state index < -0.39 is 10.0 Å². The molecule has 7 nitrogen and oxygen atoms in total. The van der Waals surface area contributed by atoms with Gasteiger partial charge in [0.1, 0.15) is 6.33 Å². The molecule has 0 saturated carbocycles. The van der Waals surface area contributed by atoms with Crippen LogP contribution in [0.5, 0.6) is 0 Å². The van der Waals surface area contributed by atoms with Crippen LogP contribution in [0.4, 0.5) is 0 Å². The van der Waals surface area contributed by atoms with E-state index in [-0.39, 0.29) is 0 Å². The summed E-state index contributed by atoms with van der Waals surface area (Å²) in [5.41, 5.74) is 1.18. The Morgan fingerprint density at radius 2 is 1.75 bits per heavy atom. The van der Waals surface area contributed by atoms with Gasteiger partial charge in [-0.15, -0.1) is 0 Å². The maximum absolute atomic E-state index is 13.0. The molecule has 2 heterocycles. The third-order valence-electron chi connectivity index (χ3n) is 5.50. The second-order valence-electron chi connectivity index (χ2n) is 7.24. The average molecular weight is 424 g/mol. The molecule has 28 heavy (non-hydrogen) atoms. The molecule has 2 aromatic rings. The van der Waals surface area contributed by atoms with Gasteiger partial charge < -0.3 is 4.57 Å². The molecular weight excluding hydrogens is 394 g/mol. The lowest BCUT2D eigenvalue weighted by molar-refractivity contribution is 0.144. The van der Waals surface area contributed by atoms with Crippen LogP contribution in [0.1, 0.15) is 38.7 Å². The summed E-state index contributed by atoms with van der Waals surface area (Å²) in [6, 6.07) is 7.34. The lowest BCUT2D eigenvalue weighted by Gasteiger charge is -2.33. The summed E-state index contributed by atoms with van der Waals surface area (Å²) in [6.07, 6.45) is 2.78. The Morgan fingerprint density at radius 3 is 2.29 bits per heavy atom. The second kappa shape index (κ2) is 8.86. The molecule has 0 radical (unpaired) electrons. The van der Waals surface area contributed by atoms with E-state index in [0.717, 1.165) is 13.0 Å². The Hall–Kier alpha value is -1.55. The van der Waals surface area contributed by atoms with Gasteiger partial charge in [-0.05, 0) is 49.2 Å². The van der Waals surface area contributed by atoms with E-state index in [1.807, 2.05) is 23.6 Å². The fraction of sp³-hybridized carbons (Fsp3) is 0.579. The van der Waals surface area contributed by atoms with Crippen LogP contribution < -0.4 is 0 Å². The largest absolute Gasteiger partial charge is 0.307 e. The smallest absolute Gasteiger partial charge is 0.243 e. The lowest BCUT2D eigenvalue weighted by atomic mass is 9.99. The molecule has 9 heteroatoms. The number of piperazine rings is 1. The summed E-state index contributed by atoms with van der Waals surface area (Å²) in [6.45, 7) is 9.95. The first-order valence-electron chi connectivity index (χ1n) is 9.81. The molecule has 1 fully saturated rings. The van der Waals surface area contributed by atoms with Crippen LogP contribution in [0.2, 0.25) is 0 Å². The van der Waals surface area contributed by atoms with Gasteiger partial charge in [-0.25, -0.2) is 13.1 Å². The SMILES string of the molecule is CC[C@H](C)c1ccc(S(=O)(=O)N2CCN(Cn3ncn(CC)c3=S)CC2)cc1. The standard InChI is InChI=1S/C19H29N5O2S2/c1-4-16(3)17-6-8-18(9-7-17)28(25,26)23-12-10-21(11-13-23)15-24-19(27)22(5-2)14-20-24/h6-9,14,16H,4-5,10-13,15H2,1-3H3/t16-/m0/s1. The van der Waals surface area contributed by atoms with Crippen molar-refractivity contribution in [2.75, 3.05) is 26.2 Å². The van der Waals surface area contributed by atoms with Gasteiger partial charge in [0.15, 0.2) is 4.77 Å². The zero-order chi connectivity index (χ0) is 20.3. The number of hydrogen-bond acceptors (Lipinski definition) is 5. The number of hydrogen-bond donors (Lipinski definition) is 0. The Bertz CT molecular complexity index is 941. The first kappa shape index (κ1) is 21.2. The van der Waals surface area contributed by atoms with Gasteiger partial charge in [0.05, 0.1) is 11.6 Å². The molecule has 1 atom stereocenters. The number of benzene rings is 1. The monoisotopic (exact) mass is 423 g/mol. The molecule has 0 N–H and O–H groups in total. The third-order valence-corrected chi connectivity index (χ3v) is 7.86. The number of nitrogens with zero attached hydrogens (tertiary/aromatic N) is 5. The van der Waals surface area contributed by atoms with Crippen molar-refractivity contribution in [3.05, 3.63) is 40.9 Å². The zero-order valence-electron chi connectivity index (χ0n) is 16.8. The molecule has 154 valence electrons. The molecule has 1 aromatic carbocycles. The quantitative estimate of drug-likeness (QED) is 0.641. The van der Waals surface area contributed by atoms with E-state index in [4.69, 9.17) is 12.2 Å². The number of rotatable bonds is 7. The highest BCUT2D eigenvalue weighted by atomic mass is 32.2. The normalized spacial score (nSPS) is 17.7. The summed E-state index contributed by atoms with van der Waals surface area (Å²) in [5.74, 6) is 0.434. The fourth-order valence-corrected chi connectivity index (χ4v) is 5.04. The van der Waals surface area contributed by atoms with Crippen molar-refractivity contribution in [2.24, 2.45) is 0 Å². The first-order chi connectivity index (χ1) is 13.4. The van der Waals surface area contributed by atoms with Crippen molar-refractivity contribution < 1.29 is 8.42 Å². The van der Waals surface area contributed by atoms with Crippen LogP contribution >= 0.6 is 12.2 Å². The molecule has 0 bridgehead atoms. The van der Waals surface area contributed by atoms with Gasteiger partial charge in [-0.2, -0.15) is 9.40 Å². The van der Waals surface area contributed by atoms with Crippen LogP contribution in [0.15, 0.2) is 35.5 Å². The molecular formula is C19H29N5O2S2. The molecule has 1 aliphatic heterocycles. The topological polar surface area (TPSA) is 63.4 Å². The van der Waals surface area contributed by atoms with Crippen LogP contribution in [0.25, 0.3) is 0 Å². The molecule has 1 saturated heterocycles. The van der Waals surface area contributed by atoms with Crippen LogP contribution in [-0.4, -0.2) is 58.1 Å². The molecule has 3 rings (SSSR count). The summed E-state index contributed by atoms with van der Waals surface area (Å²) in [7, 11) is -3.46. The third kappa shape index (κ3) is 4.37. The predicted octanol–water partition coefficient (Wildman–Crippen LogP) is 2.91. The number of aromatic nitrogens is 3. The lowest BCUT2D eigenvalue weighted by Crippen LogP contribution is -2.48. The Kier molecular flexibility index (Phi) is 6.69. The van der Waals surface area contributed by atoms with Crippen molar-refractivity contribution in [1.29, 1.82) is 0 Å². The molecule has 1 aliphatic rings. The zero-order valence-corrected chi connectivity index (χ0v) is 18.4.